The Morgan fingerprint density at radius 2 is 2.19 bits per heavy atom. The van der Waals surface area contributed by atoms with E-state index in [1.165, 1.54) is 0 Å². The van der Waals surface area contributed by atoms with E-state index < -0.39 is 0 Å². The second kappa shape index (κ2) is 8.01. The summed E-state index contributed by atoms with van der Waals surface area (Å²) in [6.07, 6.45) is 4.09. The number of methoxy groups -OCH3 is 1. The number of hydrogen-bond acceptors (Lipinski definition) is 4. The summed E-state index contributed by atoms with van der Waals surface area (Å²) in [5.41, 5.74) is -0.0110. The lowest BCUT2D eigenvalue weighted by Crippen LogP contribution is -2.35. The zero-order valence-electron chi connectivity index (χ0n) is 10.2. The molecule has 1 rings (SSSR count). The van der Waals surface area contributed by atoms with Gasteiger partial charge in [0, 0.05) is 25.7 Å². The van der Waals surface area contributed by atoms with Gasteiger partial charge in [-0.25, -0.2) is 0 Å². The zero-order chi connectivity index (χ0) is 11.7. The lowest BCUT2D eigenvalue weighted by atomic mass is 9.79. The molecule has 0 radical (unpaired) electrons. The van der Waals surface area contributed by atoms with E-state index in [-0.39, 0.29) is 12.0 Å². The number of hydrogen-bond donors (Lipinski definition) is 1. The van der Waals surface area contributed by atoms with Crippen molar-refractivity contribution in [1.29, 1.82) is 0 Å². The van der Waals surface area contributed by atoms with Crippen molar-refractivity contribution in [2.45, 2.75) is 25.7 Å². The highest BCUT2D eigenvalue weighted by Crippen LogP contribution is 2.32. The molecule has 0 bridgehead atoms. The van der Waals surface area contributed by atoms with Crippen LogP contribution in [0.4, 0.5) is 0 Å². The molecule has 16 heavy (non-hydrogen) atoms. The standard InChI is InChI=1S/C12H24O4/c1-14-8-9-15-6-2-4-12(10-13)5-3-7-16-11-12/h13H,2-11H2,1H3. The average molecular weight is 232 g/mol. The van der Waals surface area contributed by atoms with Gasteiger partial charge >= 0.3 is 0 Å². The molecule has 0 saturated carbocycles. The van der Waals surface area contributed by atoms with Crippen LogP contribution in [-0.4, -0.2) is 51.9 Å². The minimum atomic E-state index is -0.0110. The quantitative estimate of drug-likeness (QED) is 0.639. The van der Waals surface area contributed by atoms with Gasteiger partial charge in [0.1, 0.15) is 0 Å². The molecule has 4 nitrogen and oxygen atoms in total. The molecule has 0 amide bonds. The van der Waals surface area contributed by atoms with Crippen molar-refractivity contribution in [3.63, 3.8) is 0 Å². The van der Waals surface area contributed by atoms with E-state index in [1.807, 2.05) is 0 Å². The molecule has 1 saturated heterocycles. The predicted molar refractivity (Wildman–Crippen MR) is 61.5 cm³/mol. The van der Waals surface area contributed by atoms with Crippen LogP contribution in [0.2, 0.25) is 0 Å². The average Bonchev–Trinajstić information content (AvgIpc) is 2.35. The fourth-order valence-corrected chi connectivity index (χ4v) is 2.10. The Balaban J connectivity index is 2.08. The molecule has 1 N–H and O–H groups in total. The van der Waals surface area contributed by atoms with E-state index >= 15 is 0 Å². The van der Waals surface area contributed by atoms with Gasteiger partial charge in [-0.05, 0) is 25.7 Å². The van der Waals surface area contributed by atoms with Crippen molar-refractivity contribution in [1.82, 2.24) is 0 Å². The van der Waals surface area contributed by atoms with Crippen LogP contribution in [0.1, 0.15) is 25.7 Å². The SMILES string of the molecule is COCCOCCCC1(CO)CCCOC1. The van der Waals surface area contributed by atoms with Crippen LogP contribution < -0.4 is 0 Å². The van der Waals surface area contributed by atoms with Crippen LogP contribution in [0.5, 0.6) is 0 Å². The van der Waals surface area contributed by atoms with Gasteiger partial charge in [-0.2, -0.15) is 0 Å². The molecule has 1 atom stereocenters. The van der Waals surface area contributed by atoms with Crippen molar-refractivity contribution in [3.8, 4) is 0 Å². The van der Waals surface area contributed by atoms with E-state index in [0.29, 0.717) is 19.8 Å². The molecular formula is C12H24O4. The van der Waals surface area contributed by atoms with E-state index in [2.05, 4.69) is 0 Å². The second-order valence-electron chi connectivity index (χ2n) is 4.52. The predicted octanol–water partition coefficient (Wildman–Crippen LogP) is 1.22. The lowest BCUT2D eigenvalue weighted by molar-refractivity contribution is -0.0475. The van der Waals surface area contributed by atoms with Crippen LogP contribution >= 0.6 is 0 Å². The van der Waals surface area contributed by atoms with Crippen LogP contribution in [0.3, 0.4) is 0 Å². The molecule has 96 valence electrons. The maximum Gasteiger partial charge on any atom is 0.0700 e. The smallest absolute Gasteiger partial charge is 0.0700 e. The molecule has 4 heteroatoms. The number of aliphatic hydroxyl groups is 1. The van der Waals surface area contributed by atoms with Crippen molar-refractivity contribution >= 4 is 0 Å². The zero-order valence-corrected chi connectivity index (χ0v) is 10.2. The largest absolute Gasteiger partial charge is 0.396 e. The summed E-state index contributed by atoms with van der Waals surface area (Å²) < 4.78 is 15.8. The van der Waals surface area contributed by atoms with Gasteiger partial charge in [0.2, 0.25) is 0 Å². The Morgan fingerprint density at radius 3 is 2.81 bits per heavy atom. The monoisotopic (exact) mass is 232 g/mol. The molecule has 0 aromatic heterocycles. The van der Waals surface area contributed by atoms with Gasteiger partial charge in [0.25, 0.3) is 0 Å². The normalized spacial score (nSPS) is 25.9. The Morgan fingerprint density at radius 1 is 1.31 bits per heavy atom. The van der Waals surface area contributed by atoms with Crippen molar-refractivity contribution in [3.05, 3.63) is 0 Å². The fourth-order valence-electron chi connectivity index (χ4n) is 2.10. The molecule has 1 heterocycles. The molecule has 1 aliphatic rings. The molecule has 1 aliphatic heterocycles. The van der Waals surface area contributed by atoms with Crippen LogP contribution in [0, 0.1) is 5.41 Å². The molecule has 1 fully saturated rings. The van der Waals surface area contributed by atoms with Crippen molar-refractivity contribution in [2.24, 2.45) is 5.41 Å². The molecule has 0 spiro atoms. The first-order chi connectivity index (χ1) is 7.83. The summed E-state index contributed by atoms with van der Waals surface area (Å²) in [5.74, 6) is 0. The fraction of sp³-hybridized carbons (Fsp3) is 1.00. The molecule has 0 aromatic carbocycles. The van der Waals surface area contributed by atoms with Gasteiger partial charge in [0.15, 0.2) is 0 Å². The highest BCUT2D eigenvalue weighted by Gasteiger charge is 2.31. The first-order valence-electron chi connectivity index (χ1n) is 6.08. The van der Waals surface area contributed by atoms with Gasteiger partial charge in [-0.15, -0.1) is 0 Å². The highest BCUT2D eigenvalue weighted by molar-refractivity contribution is 4.80. The minimum Gasteiger partial charge on any atom is -0.396 e. The molecule has 1 unspecified atom stereocenters. The second-order valence-corrected chi connectivity index (χ2v) is 4.52. The molecule has 0 aromatic rings. The third-order valence-corrected chi connectivity index (χ3v) is 3.17. The number of rotatable bonds is 8. The van der Waals surface area contributed by atoms with E-state index in [4.69, 9.17) is 14.2 Å². The Labute approximate surface area is 97.9 Å². The third-order valence-electron chi connectivity index (χ3n) is 3.17. The molecule has 0 aliphatic carbocycles. The maximum absolute atomic E-state index is 9.44. The maximum atomic E-state index is 9.44. The Bertz CT molecular complexity index is 166. The summed E-state index contributed by atoms with van der Waals surface area (Å²) >= 11 is 0. The summed E-state index contributed by atoms with van der Waals surface area (Å²) in [4.78, 5) is 0. The van der Waals surface area contributed by atoms with Crippen LogP contribution in [0.15, 0.2) is 0 Å². The van der Waals surface area contributed by atoms with E-state index in [1.54, 1.807) is 7.11 Å². The van der Waals surface area contributed by atoms with Gasteiger partial charge in [0.05, 0.1) is 26.4 Å². The van der Waals surface area contributed by atoms with Crippen molar-refractivity contribution < 1.29 is 19.3 Å². The summed E-state index contributed by atoms with van der Waals surface area (Å²) in [7, 11) is 1.67. The first-order valence-corrected chi connectivity index (χ1v) is 6.08. The van der Waals surface area contributed by atoms with Crippen LogP contribution in [0.25, 0.3) is 0 Å². The summed E-state index contributed by atoms with van der Waals surface area (Å²) in [6, 6.07) is 0. The van der Waals surface area contributed by atoms with Gasteiger partial charge in [-0.1, -0.05) is 0 Å². The number of ether oxygens (including phenoxy) is 3. The van der Waals surface area contributed by atoms with E-state index in [9.17, 15) is 5.11 Å². The van der Waals surface area contributed by atoms with Gasteiger partial charge in [-0.3, -0.25) is 0 Å². The highest BCUT2D eigenvalue weighted by atomic mass is 16.5. The minimum absolute atomic E-state index is 0.0110. The molecular weight excluding hydrogens is 208 g/mol. The third kappa shape index (κ3) is 4.78. The van der Waals surface area contributed by atoms with Crippen molar-refractivity contribution in [2.75, 3.05) is 46.8 Å². The van der Waals surface area contributed by atoms with Gasteiger partial charge < -0.3 is 19.3 Å². The summed E-state index contributed by atoms with van der Waals surface area (Å²) in [6.45, 7) is 3.80. The van der Waals surface area contributed by atoms with E-state index in [0.717, 1.165) is 38.9 Å². The lowest BCUT2D eigenvalue weighted by Gasteiger charge is -2.35. The topological polar surface area (TPSA) is 47.9 Å². The Hall–Kier alpha value is -0.160. The van der Waals surface area contributed by atoms with Crippen LogP contribution in [-0.2, 0) is 14.2 Å². The first kappa shape index (κ1) is 13.9. The summed E-state index contributed by atoms with van der Waals surface area (Å²) in [5, 5.41) is 9.44. The Kier molecular flexibility index (Phi) is 6.96. The number of aliphatic hydroxyl groups excluding tert-OH is 1.